The van der Waals surface area contributed by atoms with Crippen LogP contribution < -0.4 is 5.32 Å². The van der Waals surface area contributed by atoms with Crippen LogP contribution in [-0.4, -0.2) is 57.0 Å². The molecule has 2 N–H and O–H groups in total. The number of nitrogens with zero attached hydrogens (tertiary/aromatic N) is 4. The van der Waals surface area contributed by atoms with Gasteiger partial charge in [-0.2, -0.15) is 0 Å². The summed E-state index contributed by atoms with van der Waals surface area (Å²) in [4.78, 5) is 13.8. The van der Waals surface area contributed by atoms with Gasteiger partial charge in [-0.3, -0.25) is 0 Å². The molecule has 1 aliphatic carbocycles. The molecule has 2 amide bonds. The lowest BCUT2D eigenvalue weighted by Gasteiger charge is -2.31. The molecule has 7 nitrogen and oxygen atoms in total. The van der Waals surface area contributed by atoms with E-state index in [1.54, 1.807) is 18.3 Å². The van der Waals surface area contributed by atoms with E-state index in [0.29, 0.717) is 19.6 Å². The van der Waals surface area contributed by atoms with E-state index in [2.05, 4.69) is 15.5 Å². The summed E-state index contributed by atoms with van der Waals surface area (Å²) >= 11 is 0. The van der Waals surface area contributed by atoms with Crippen molar-refractivity contribution in [2.45, 2.75) is 51.7 Å². The number of rotatable bonds is 6. The molecule has 2 atom stereocenters. The van der Waals surface area contributed by atoms with Crippen molar-refractivity contribution in [2.24, 2.45) is 5.92 Å². The molecule has 7 heteroatoms. The van der Waals surface area contributed by atoms with Crippen molar-refractivity contribution in [1.82, 2.24) is 25.0 Å². The van der Waals surface area contributed by atoms with Crippen LogP contribution in [0.3, 0.4) is 0 Å². The van der Waals surface area contributed by atoms with Crippen LogP contribution in [0.5, 0.6) is 0 Å². The van der Waals surface area contributed by atoms with E-state index in [0.717, 1.165) is 37.9 Å². The van der Waals surface area contributed by atoms with Gasteiger partial charge >= 0.3 is 6.03 Å². The Morgan fingerprint density at radius 3 is 3.00 bits per heavy atom. The molecule has 2 rings (SSSR count). The largest absolute Gasteiger partial charge is 0.393 e. The molecule has 1 fully saturated rings. The lowest BCUT2D eigenvalue weighted by molar-refractivity contribution is 0.0565. The van der Waals surface area contributed by atoms with E-state index >= 15 is 0 Å². The molecular formula is C15H27N5O2. The van der Waals surface area contributed by atoms with Crippen molar-refractivity contribution in [3.8, 4) is 0 Å². The Hall–Kier alpha value is -1.63. The Bertz CT molecular complexity index is 476. The molecule has 0 aliphatic heterocycles. The number of hydrogen-bond acceptors (Lipinski definition) is 4. The van der Waals surface area contributed by atoms with Crippen molar-refractivity contribution < 1.29 is 9.90 Å². The standard InChI is InChI=1S/C15H27N5O2/c1-3-14-18-17-11-20(14)9-8-16-15(22)19(2)10-12-6-4-5-7-13(12)21/h11-13,21H,3-10H2,1-2H3,(H,16,22). The molecule has 1 saturated carbocycles. The van der Waals surface area contributed by atoms with Crippen LogP contribution in [0.25, 0.3) is 0 Å². The number of aromatic nitrogens is 3. The molecule has 1 aromatic rings. The van der Waals surface area contributed by atoms with Gasteiger partial charge in [-0.15, -0.1) is 10.2 Å². The Kier molecular flexibility index (Phi) is 6.18. The first kappa shape index (κ1) is 16.7. The van der Waals surface area contributed by atoms with E-state index in [4.69, 9.17) is 0 Å². The SMILES string of the molecule is CCc1nncn1CCNC(=O)N(C)CC1CCCCC1O. The molecule has 1 aliphatic rings. The predicted octanol–water partition coefficient (Wildman–Crippen LogP) is 1.03. The monoisotopic (exact) mass is 309 g/mol. The normalized spacial score (nSPS) is 21.6. The van der Waals surface area contributed by atoms with Crippen molar-refractivity contribution >= 4 is 6.03 Å². The van der Waals surface area contributed by atoms with Gasteiger partial charge in [0.25, 0.3) is 0 Å². The van der Waals surface area contributed by atoms with Gasteiger partial charge in [0.15, 0.2) is 0 Å². The minimum absolute atomic E-state index is 0.0936. The second-order valence-corrected chi connectivity index (χ2v) is 6.02. The highest BCUT2D eigenvalue weighted by atomic mass is 16.3. The Labute approximate surface area is 131 Å². The second-order valence-electron chi connectivity index (χ2n) is 6.02. The Morgan fingerprint density at radius 2 is 2.27 bits per heavy atom. The van der Waals surface area contributed by atoms with Gasteiger partial charge in [0.2, 0.25) is 0 Å². The maximum Gasteiger partial charge on any atom is 0.317 e. The maximum atomic E-state index is 12.1. The minimum Gasteiger partial charge on any atom is -0.393 e. The summed E-state index contributed by atoms with van der Waals surface area (Å²) in [6.07, 6.45) is 6.33. The van der Waals surface area contributed by atoms with Crippen LogP contribution in [0, 0.1) is 5.92 Å². The molecule has 124 valence electrons. The number of aliphatic hydroxyl groups excluding tert-OH is 1. The fraction of sp³-hybridized carbons (Fsp3) is 0.800. The topological polar surface area (TPSA) is 83.3 Å². The third-order valence-corrected chi connectivity index (χ3v) is 4.36. The van der Waals surface area contributed by atoms with Crippen molar-refractivity contribution in [3.63, 3.8) is 0 Å². The number of carbonyl (C=O) groups excluding carboxylic acids is 1. The lowest BCUT2D eigenvalue weighted by Crippen LogP contribution is -2.43. The maximum absolute atomic E-state index is 12.1. The van der Waals surface area contributed by atoms with Gasteiger partial charge in [0.1, 0.15) is 12.2 Å². The Balaban J connectivity index is 1.72. The van der Waals surface area contributed by atoms with Crippen molar-refractivity contribution in [2.75, 3.05) is 20.1 Å². The highest BCUT2D eigenvalue weighted by molar-refractivity contribution is 5.73. The summed E-state index contributed by atoms with van der Waals surface area (Å²) in [6, 6.07) is -0.0936. The molecule has 0 bridgehead atoms. The van der Waals surface area contributed by atoms with Gasteiger partial charge in [-0.25, -0.2) is 4.79 Å². The average molecular weight is 309 g/mol. The molecule has 1 heterocycles. The second kappa shape index (κ2) is 8.12. The van der Waals surface area contributed by atoms with Crippen molar-refractivity contribution in [1.29, 1.82) is 0 Å². The molecular weight excluding hydrogens is 282 g/mol. The highest BCUT2D eigenvalue weighted by Crippen LogP contribution is 2.24. The fourth-order valence-electron chi connectivity index (χ4n) is 2.99. The summed E-state index contributed by atoms with van der Waals surface area (Å²) in [6.45, 7) is 3.85. The van der Waals surface area contributed by atoms with Crippen LogP contribution in [0.4, 0.5) is 4.79 Å². The van der Waals surface area contributed by atoms with Gasteiger partial charge in [0.05, 0.1) is 6.10 Å². The molecule has 1 aromatic heterocycles. The van der Waals surface area contributed by atoms with Gasteiger partial charge in [-0.1, -0.05) is 19.8 Å². The third kappa shape index (κ3) is 4.43. The van der Waals surface area contributed by atoms with Crippen LogP contribution in [0.2, 0.25) is 0 Å². The van der Waals surface area contributed by atoms with Crippen LogP contribution >= 0.6 is 0 Å². The van der Waals surface area contributed by atoms with E-state index < -0.39 is 0 Å². The first-order valence-electron chi connectivity index (χ1n) is 8.15. The summed E-state index contributed by atoms with van der Waals surface area (Å²) < 4.78 is 1.95. The number of hydrogen-bond donors (Lipinski definition) is 2. The smallest absolute Gasteiger partial charge is 0.317 e. The number of amides is 2. The first-order chi connectivity index (χ1) is 10.6. The number of aliphatic hydroxyl groups is 1. The van der Waals surface area contributed by atoms with Crippen LogP contribution in [-0.2, 0) is 13.0 Å². The fourth-order valence-corrected chi connectivity index (χ4v) is 2.99. The van der Waals surface area contributed by atoms with E-state index in [1.807, 2.05) is 11.5 Å². The summed E-state index contributed by atoms with van der Waals surface area (Å²) in [5.74, 6) is 1.13. The zero-order valence-corrected chi connectivity index (χ0v) is 13.5. The quantitative estimate of drug-likeness (QED) is 0.822. The highest BCUT2D eigenvalue weighted by Gasteiger charge is 2.25. The first-order valence-corrected chi connectivity index (χ1v) is 8.15. The summed E-state index contributed by atoms with van der Waals surface area (Å²) in [7, 11) is 1.78. The van der Waals surface area contributed by atoms with E-state index in [1.165, 1.54) is 0 Å². The Morgan fingerprint density at radius 1 is 1.50 bits per heavy atom. The molecule has 0 saturated heterocycles. The van der Waals surface area contributed by atoms with Crippen molar-refractivity contribution in [3.05, 3.63) is 12.2 Å². The average Bonchev–Trinajstić information content (AvgIpc) is 2.97. The summed E-state index contributed by atoms with van der Waals surface area (Å²) in [5, 5.41) is 20.8. The zero-order valence-electron chi connectivity index (χ0n) is 13.5. The van der Waals surface area contributed by atoms with Gasteiger partial charge in [-0.05, 0) is 12.8 Å². The lowest BCUT2D eigenvalue weighted by atomic mass is 9.86. The minimum atomic E-state index is -0.270. The van der Waals surface area contributed by atoms with Gasteiger partial charge in [0, 0.05) is 39.0 Å². The number of urea groups is 1. The number of carbonyl (C=O) groups is 1. The molecule has 0 radical (unpaired) electrons. The van der Waals surface area contributed by atoms with Crippen LogP contribution in [0.15, 0.2) is 6.33 Å². The van der Waals surface area contributed by atoms with E-state index in [-0.39, 0.29) is 18.1 Å². The predicted molar refractivity (Wildman–Crippen MR) is 83.4 cm³/mol. The summed E-state index contributed by atoms with van der Waals surface area (Å²) in [5.41, 5.74) is 0. The van der Waals surface area contributed by atoms with E-state index in [9.17, 15) is 9.90 Å². The van der Waals surface area contributed by atoms with Gasteiger partial charge < -0.3 is 19.9 Å². The molecule has 22 heavy (non-hydrogen) atoms. The molecule has 2 unspecified atom stereocenters. The number of aryl methyl sites for hydroxylation is 1. The molecule has 0 aromatic carbocycles. The number of nitrogens with one attached hydrogen (secondary N) is 1. The zero-order chi connectivity index (χ0) is 15.9. The van der Waals surface area contributed by atoms with Crippen LogP contribution in [0.1, 0.15) is 38.4 Å². The third-order valence-electron chi connectivity index (χ3n) is 4.36. The molecule has 0 spiro atoms.